The number of carbonyl (C=O) groups excluding carboxylic acids is 1. The van der Waals surface area contributed by atoms with E-state index in [2.05, 4.69) is 36.4 Å². The molecule has 6 nitrogen and oxygen atoms in total. The molecule has 0 aliphatic carbocycles. The van der Waals surface area contributed by atoms with Gasteiger partial charge in [-0.1, -0.05) is 13.8 Å². The summed E-state index contributed by atoms with van der Waals surface area (Å²) >= 11 is 0. The summed E-state index contributed by atoms with van der Waals surface area (Å²) in [5.41, 5.74) is 5.14. The first-order chi connectivity index (χ1) is 9.92. The number of aliphatic imine (C=N–C) groups is 1. The van der Waals surface area contributed by atoms with Crippen molar-refractivity contribution in [3.63, 3.8) is 0 Å². The molecule has 126 valence electrons. The van der Waals surface area contributed by atoms with Crippen LogP contribution >= 0.6 is 24.0 Å². The highest BCUT2D eigenvalue weighted by atomic mass is 127. The first kappa shape index (κ1) is 20.8. The second-order valence-corrected chi connectivity index (χ2v) is 5.57. The van der Waals surface area contributed by atoms with Crippen LogP contribution in [-0.2, 0) is 6.54 Å². The third kappa shape index (κ3) is 7.67. The van der Waals surface area contributed by atoms with Crippen molar-refractivity contribution in [2.24, 2.45) is 16.6 Å². The van der Waals surface area contributed by atoms with E-state index in [1.54, 1.807) is 19.2 Å². The lowest BCUT2D eigenvalue weighted by atomic mass is 10.0. The van der Waals surface area contributed by atoms with Crippen molar-refractivity contribution in [1.29, 1.82) is 0 Å². The van der Waals surface area contributed by atoms with Crippen LogP contribution in [0.3, 0.4) is 0 Å². The Morgan fingerprint density at radius 1 is 1.32 bits per heavy atom. The highest BCUT2D eigenvalue weighted by Gasteiger charge is 2.09. The van der Waals surface area contributed by atoms with E-state index in [0.717, 1.165) is 6.42 Å². The molecule has 1 atom stereocenters. The highest BCUT2D eigenvalue weighted by Crippen LogP contribution is 2.07. The molecule has 1 rings (SSSR count). The van der Waals surface area contributed by atoms with Crippen LogP contribution in [0.25, 0.3) is 0 Å². The van der Waals surface area contributed by atoms with E-state index < -0.39 is 5.91 Å². The second kappa shape index (κ2) is 10.5. The lowest BCUT2D eigenvalue weighted by Crippen LogP contribution is -2.41. The molecule has 1 heterocycles. The van der Waals surface area contributed by atoms with E-state index in [1.807, 2.05) is 0 Å². The Morgan fingerprint density at radius 2 is 2.00 bits per heavy atom. The molecule has 0 aromatic carbocycles. The number of amides is 1. The van der Waals surface area contributed by atoms with Gasteiger partial charge in [0.2, 0.25) is 0 Å². The summed E-state index contributed by atoms with van der Waals surface area (Å²) in [4.78, 5) is 15.1. The van der Waals surface area contributed by atoms with Gasteiger partial charge >= 0.3 is 0 Å². The molecule has 0 aliphatic heterocycles. The zero-order valence-corrected chi connectivity index (χ0v) is 16.0. The fourth-order valence-corrected chi connectivity index (χ4v) is 1.86. The van der Waals surface area contributed by atoms with Gasteiger partial charge in [-0.3, -0.25) is 9.79 Å². The molecule has 22 heavy (non-hydrogen) atoms. The SMILES string of the molecule is CN=C(NCc1ccc(C(N)=O)o1)NC(C)CCC(C)C.I. The van der Waals surface area contributed by atoms with Gasteiger partial charge in [-0.15, -0.1) is 24.0 Å². The summed E-state index contributed by atoms with van der Waals surface area (Å²) in [5.74, 6) is 1.65. The van der Waals surface area contributed by atoms with Gasteiger partial charge in [0.15, 0.2) is 11.7 Å². The largest absolute Gasteiger partial charge is 0.454 e. The molecule has 0 saturated carbocycles. The van der Waals surface area contributed by atoms with Gasteiger partial charge in [0, 0.05) is 13.1 Å². The van der Waals surface area contributed by atoms with E-state index in [4.69, 9.17) is 10.2 Å². The number of halogens is 1. The highest BCUT2D eigenvalue weighted by molar-refractivity contribution is 14.0. The smallest absolute Gasteiger partial charge is 0.284 e. The summed E-state index contributed by atoms with van der Waals surface area (Å²) < 4.78 is 5.30. The molecule has 4 N–H and O–H groups in total. The first-order valence-corrected chi connectivity index (χ1v) is 7.28. The molecule has 1 amide bonds. The Hall–Kier alpha value is -1.25. The standard InChI is InChI=1S/C15H26N4O2.HI/c1-10(2)5-6-11(3)19-15(17-4)18-9-12-7-8-13(21-12)14(16)20;/h7-8,10-11H,5-6,9H2,1-4H3,(H2,16,20)(H2,17,18,19);1H. The number of hydrogen-bond acceptors (Lipinski definition) is 3. The zero-order valence-electron chi connectivity index (χ0n) is 13.7. The topological polar surface area (TPSA) is 92.6 Å². The third-order valence-electron chi connectivity index (χ3n) is 3.12. The minimum atomic E-state index is -0.564. The van der Waals surface area contributed by atoms with Gasteiger partial charge in [0.25, 0.3) is 5.91 Å². The summed E-state index contributed by atoms with van der Waals surface area (Å²) in [6.07, 6.45) is 2.26. The van der Waals surface area contributed by atoms with Crippen molar-refractivity contribution >= 4 is 35.8 Å². The van der Waals surface area contributed by atoms with Crippen LogP contribution in [0.5, 0.6) is 0 Å². The molecular weight excluding hydrogens is 395 g/mol. The van der Waals surface area contributed by atoms with E-state index in [-0.39, 0.29) is 29.7 Å². The number of rotatable bonds is 7. The molecule has 0 spiro atoms. The van der Waals surface area contributed by atoms with Gasteiger partial charge in [0.05, 0.1) is 6.54 Å². The summed E-state index contributed by atoms with van der Waals surface area (Å²) in [7, 11) is 1.72. The molecule has 0 saturated heterocycles. The first-order valence-electron chi connectivity index (χ1n) is 7.28. The molecule has 1 aromatic heterocycles. The fourth-order valence-electron chi connectivity index (χ4n) is 1.86. The van der Waals surface area contributed by atoms with Crippen LogP contribution in [-0.4, -0.2) is 25.0 Å². The minimum absolute atomic E-state index is 0. The van der Waals surface area contributed by atoms with Gasteiger partial charge in [-0.2, -0.15) is 0 Å². The zero-order chi connectivity index (χ0) is 15.8. The molecular formula is C15H27IN4O2. The second-order valence-electron chi connectivity index (χ2n) is 5.57. The van der Waals surface area contributed by atoms with Gasteiger partial charge < -0.3 is 20.8 Å². The average molecular weight is 422 g/mol. The molecule has 0 fully saturated rings. The predicted molar refractivity (Wildman–Crippen MR) is 99.5 cm³/mol. The number of carbonyl (C=O) groups is 1. The van der Waals surface area contributed by atoms with Crippen molar-refractivity contribution < 1.29 is 9.21 Å². The lowest BCUT2D eigenvalue weighted by molar-refractivity contribution is 0.0972. The van der Waals surface area contributed by atoms with Crippen LogP contribution in [0.1, 0.15) is 49.9 Å². The molecule has 1 unspecified atom stereocenters. The molecule has 7 heteroatoms. The van der Waals surface area contributed by atoms with Crippen LogP contribution in [0.2, 0.25) is 0 Å². The van der Waals surface area contributed by atoms with E-state index in [0.29, 0.717) is 30.2 Å². The Kier molecular flexibility index (Phi) is 9.88. The van der Waals surface area contributed by atoms with E-state index in [1.165, 1.54) is 6.42 Å². The van der Waals surface area contributed by atoms with Crippen molar-refractivity contribution in [2.45, 2.75) is 46.2 Å². The fraction of sp³-hybridized carbons (Fsp3) is 0.600. The third-order valence-corrected chi connectivity index (χ3v) is 3.12. The molecule has 0 radical (unpaired) electrons. The molecule has 0 bridgehead atoms. The van der Waals surface area contributed by atoms with Crippen LogP contribution in [0.15, 0.2) is 21.5 Å². The number of nitrogens with two attached hydrogens (primary N) is 1. The van der Waals surface area contributed by atoms with Crippen LogP contribution < -0.4 is 16.4 Å². The number of furan rings is 1. The summed E-state index contributed by atoms with van der Waals surface area (Å²) in [5, 5.41) is 6.48. The van der Waals surface area contributed by atoms with Gasteiger partial charge in [-0.05, 0) is 37.8 Å². The Bertz CT molecular complexity index is 486. The number of hydrogen-bond donors (Lipinski definition) is 3. The summed E-state index contributed by atoms with van der Waals surface area (Å²) in [6.45, 7) is 7.01. The van der Waals surface area contributed by atoms with Crippen molar-refractivity contribution in [3.8, 4) is 0 Å². The molecule has 1 aromatic rings. The minimum Gasteiger partial charge on any atom is -0.454 e. The maximum Gasteiger partial charge on any atom is 0.284 e. The Morgan fingerprint density at radius 3 is 2.50 bits per heavy atom. The maximum atomic E-state index is 11.0. The predicted octanol–water partition coefficient (Wildman–Crippen LogP) is 2.49. The number of primary amides is 1. The average Bonchev–Trinajstić information content (AvgIpc) is 2.90. The number of nitrogens with one attached hydrogen (secondary N) is 2. The van der Waals surface area contributed by atoms with Crippen LogP contribution in [0, 0.1) is 5.92 Å². The molecule has 0 aliphatic rings. The number of guanidine groups is 1. The van der Waals surface area contributed by atoms with Crippen molar-refractivity contribution in [3.05, 3.63) is 23.7 Å². The lowest BCUT2D eigenvalue weighted by Gasteiger charge is -2.18. The maximum absolute atomic E-state index is 11.0. The Labute approximate surface area is 149 Å². The van der Waals surface area contributed by atoms with Crippen molar-refractivity contribution in [2.75, 3.05) is 7.05 Å². The number of nitrogens with zero attached hydrogens (tertiary/aromatic N) is 1. The van der Waals surface area contributed by atoms with Crippen LogP contribution in [0.4, 0.5) is 0 Å². The monoisotopic (exact) mass is 422 g/mol. The summed E-state index contributed by atoms with van der Waals surface area (Å²) in [6, 6.07) is 3.64. The van der Waals surface area contributed by atoms with Gasteiger partial charge in [0.1, 0.15) is 5.76 Å². The quantitative estimate of drug-likeness (QED) is 0.358. The Balaban J connectivity index is 0.00000441. The normalized spacial score (nSPS) is 12.7. The van der Waals surface area contributed by atoms with E-state index >= 15 is 0 Å². The van der Waals surface area contributed by atoms with Crippen molar-refractivity contribution in [1.82, 2.24) is 10.6 Å². The van der Waals surface area contributed by atoms with Gasteiger partial charge in [-0.25, -0.2) is 0 Å². The van der Waals surface area contributed by atoms with E-state index in [9.17, 15) is 4.79 Å².